The summed E-state index contributed by atoms with van der Waals surface area (Å²) < 4.78 is 5.70. The van der Waals surface area contributed by atoms with E-state index in [2.05, 4.69) is 31.7 Å². The average molecular weight is 345 g/mol. The first kappa shape index (κ1) is 18.3. The molecular weight excluding hydrogens is 314 g/mol. The van der Waals surface area contributed by atoms with E-state index in [1.807, 2.05) is 20.0 Å². The Morgan fingerprint density at radius 2 is 1.84 bits per heavy atom. The Kier molecular flexibility index (Phi) is 4.61. The number of nitrogens with zero attached hydrogens (tertiary/aromatic N) is 3. The van der Waals surface area contributed by atoms with Crippen LogP contribution in [0.25, 0.3) is 0 Å². The molecule has 0 aromatic rings. The maximum atomic E-state index is 12.9. The smallest absolute Gasteiger partial charge is 0.266 e. The zero-order valence-electron chi connectivity index (χ0n) is 16.2. The van der Waals surface area contributed by atoms with Crippen LogP contribution in [0.3, 0.4) is 0 Å². The molecule has 5 nitrogen and oxygen atoms in total. The number of likely N-dealkylation sites (tertiary alicyclic amines) is 1. The fraction of sp³-hybridized carbons (Fsp3) is 0.800. The van der Waals surface area contributed by atoms with E-state index >= 15 is 0 Å². The van der Waals surface area contributed by atoms with E-state index in [0.29, 0.717) is 24.5 Å². The molecule has 4 atom stereocenters. The summed E-state index contributed by atoms with van der Waals surface area (Å²) in [5, 5.41) is 9.60. The van der Waals surface area contributed by atoms with E-state index in [1.165, 1.54) is 6.42 Å². The molecule has 0 N–H and O–H groups in total. The first-order valence-corrected chi connectivity index (χ1v) is 9.43. The number of nitriles is 1. The lowest BCUT2D eigenvalue weighted by atomic mass is 9.65. The molecule has 0 spiro atoms. The van der Waals surface area contributed by atoms with Crippen molar-refractivity contribution in [3.63, 3.8) is 0 Å². The van der Waals surface area contributed by atoms with Crippen LogP contribution in [-0.2, 0) is 9.53 Å². The van der Waals surface area contributed by atoms with Crippen LogP contribution >= 0.6 is 0 Å². The van der Waals surface area contributed by atoms with Crippen molar-refractivity contribution in [1.82, 2.24) is 9.80 Å². The first-order chi connectivity index (χ1) is 11.6. The van der Waals surface area contributed by atoms with Gasteiger partial charge in [-0.25, -0.2) is 0 Å². The van der Waals surface area contributed by atoms with Gasteiger partial charge in [-0.1, -0.05) is 20.8 Å². The number of rotatable bonds is 2. The topological polar surface area (TPSA) is 56.6 Å². The van der Waals surface area contributed by atoms with Crippen LogP contribution in [0.1, 0.15) is 53.9 Å². The van der Waals surface area contributed by atoms with Gasteiger partial charge in [-0.05, 0) is 43.9 Å². The zero-order valence-corrected chi connectivity index (χ0v) is 16.2. The zero-order chi connectivity index (χ0) is 18.4. The van der Waals surface area contributed by atoms with E-state index in [-0.39, 0.29) is 29.1 Å². The van der Waals surface area contributed by atoms with E-state index in [9.17, 15) is 10.1 Å². The van der Waals surface area contributed by atoms with Crippen molar-refractivity contribution in [3.8, 4) is 6.07 Å². The highest BCUT2D eigenvalue weighted by Crippen LogP contribution is 2.52. The second-order valence-electron chi connectivity index (χ2n) is 9.51. The number of hydrogen-bond donors (Lipinski definition) is 0. The largest absolute Gasteiger partial charge is 0.373 e. The van der Waals surface area contributed by atoms with Gasteiger partial charge in [0, 0.05) is 31.9 Å². The van der Waals surface area contributed by atoms with Gasteiger partial charge in [0.15, 0.2) is 0 Å². The Labute approximate surface area is 151 Å². The van der Waals surface area contributed by atoms with Crippen molar-refractivity contribution in [2.45, 2.75) is 72.1 Å². The average Bonchev–Trinajstić information content (AvgIpc) is 2.71. The maximum absolute atomic E-state index is 12.9. The molecule has 2 saturated heterocycles. The molecule has 2 aliphatic heterocycles. The second kappa shape index (κ2) is 6.32. The summed E-state index contributed by atoms with van der Waals surface area (Å²) >= 11 is 0. The number of morpholine rings is 1. The summed E-state index contributed by atoms with van der Waals surface area (Å²) in [6.07, 6.45) is 5.35. The van der Waals surface area contributed by atoms with Gasteiger partial charge in [0.05, 0.1) is 12.2 Å². The predicted molar refractivity (Wildman–Crippen MR) is 96.5 cm³/mol. The van der Waals surface area contributed by atoms with Crippen molar-refractivity contribution in [2.24, 2.45) is 10.8 Å². The van der Waals surface area contributed by atoms with Gasteiger partial charge in [0.1, 0.15) is 11.6 Å². The monoisotopic (exact) mass is 345 g/mol. The molecule has 2 bridgehead atoms. The summed E-state index contributed by atoms with van der Waals surface area (Å²) in [7, 11) is 0. The van der Waals surface area contributed by atoms with Crippen molar-refractivity contribution in [3.05, 3.63) is 11.8 Å². The molecular formula is C20H31N3O2. The molecule has 3 aliphatic rings. The Morgan fingerprint density at radius 3 is 2.44 bits per heavy atom. The number of fused-ring (bicyclic) bond motifs is 2. The molecule has 3 fully saturated rings. The highest BCUT2D eigenvalue weighted by molar-refractivity contribution is 5.97. The number of hydrogen-bond acceptors (Lipinski definition) is 4. The molecule has 1 amide bonds. The molecule has 25 heavy (non-hydrogen) atoms. The highest BCUT2D eigenvalue weighted by Gasteiger charge is 2.49. The van der Waals surface area contributed by atoms with Crippen molar-refractivity contribution < 1.29 is 9.53 Å². The quantitative estimate of drug-likeness (QED) is 0.570. The van der Waals surface area contributed by atoms with E-state index in [1.54, 1.807) is 4.90 Å². The third-order valence-corrected chi connectivity index (χ3v) is 5.81. The van der Waals surface area contributed by atoms with E-state index in [0.717, 1.165) is 19.4 Å². The van der Waals surface area contributed by atoms with Crippen molar-refractivity contribution in [1.29, 1.82) is 5.26 Å². The molecule has 4 unspecified atom stereocenters. The molecule has 1 aliphatic carbocycles. The molecule has 1 saturated carbocycles. The fourth-order valence-corrected chi connectivity index (χ4v) is 5.47. The van der Waals surface area contributed by atoms with Crippen LogP contribution in [-0.4, -0.2) is 53.6 Å². The number of carbonyl (C=O) groups excluding carboxylic acids is 1. The second-order valence-corrected chi connectivity index (χ2v) is 9.51. The molecule has 0 aromatic heterocycles. The first-order valence-electron chi connectivity index (χ1n) is 9.43. The molecule has 138 valence electrons. The number of ether oxygens (including phenoxy) is 1. The van der Waals surface area contributed by atoms with Crippen LogP contribution in [0.5, 0.6) is 0 Å². The minimum absolute atomic E-state index is 0.0124. The van der Waals surface area contributed by atoms with Gasteiger partial charge in [0.25, 0.3) is 5.91 Å². The summed E-state index contributed by atoms with van der Waals surface area (Å²) in [6.45, 7) is 13.0. The van der Waals surface area contributed by atoms with Crippen molar-refractivity contribution in [2.75, 3.05) is 19.6 Å². The van der Waals surface area contributed by atoms with Gasteiger partial charge in [-0.3, -0.25) is 4.79 Å². The van der Waals surface area contributed by atoms with Gasteiger partial charge in [0.2, 0.25) is 0 Å². The van der Waals surface area contributed by atoms with Gasteiger partial charge < -0.3 is 14.5 Å². The SMILES string of the molecule is CC1CN(C(=O)/C(C#N)=C\N2CC3(C)CC2CC(C)(C)C3)CC(C)O1. The standard InChI is InChI=1S/C20H31N3O2/c1-14-9-22(10-15(2)25-14)18(24)16(8-21)11-23-13-20(5)7-17(23)6-19(3,4)12-20/h11,14-15,17H,6-7,9-10,12-13H2,1-5H3/b16-11-. The molecule has 0 radical (unpaired) electrons. The molecule has 5 heteroatoms. The van der Waals surface area contributed by atoms with Gasteiger partial charge in [-0.15, -0.1) is 0 Å². The lowest BCUT2D eigenvalue weighted by Gasteiger charge is -2.39. The van der Waals surface area contributed by atoms with Gasteiger partial charge >= 0.3 is 0 Å². The van der Waals surface area contributed by atoms with Crippen LogP contribution < -0.4 is 0 Å². The minimum Gasteiger partial charge on any atom is -0.373 e. The summed E-state index contributed by atoms with van der Waals surface area (Å²) in [6, 6.07) is 2.59. The summed E-state index contributed by atoms with van der Waals surface area (Å²) in [5.74, 6) is -0.157. The Balaban J connectivity index is 1.77. The number of carbonyl (C=O) groups is 1. The Bertz CT molecular complexity index is 611. The molecule has 2 heterocycles. The van der Waals surface area contributed by atoms with Crippen LogP contribution in [0.4, 0.5) is 0 Å². The number of amides is 1. The minimum atomic E-state index is -0.157. The lowest BCUT2D eigenvalue weighted by molar-refractivity contribution is -0.138. The maximum Gasteiger partial charge on any atom is 0.266 e. The Morgan fingerprint density at radius 1 is 1.20 bits per heavy atom. The molecule has 3 rings (SSSR count). The lowest BCUT2D eigenvalue weighted by Crippen LogP contribution is -2.48. The third kappa shape index (κ3) is 3.84. The van der Waals surface area contributed by atoms with Crippen molar-refractivity contribution >= 4 is 5.91 Å². The van der Waals surface area contributed by atoms with Gasteiger partial charge in [-0.2, -0.15) is 5.26 Å². The van der Waals surface area contributed by atoms with E-state index in [4.69, 9.17) is 4.74 Å². The summed E-state index contributed by atoms with van der Waals surface area (Å²) in [5.41, 5.74) is 0.871. The third-order valence-electron chi connectivity index (χ3n) is 5.81. The van der Waals surface area contributed by atoms with Crippen LogP contribution in [0, 0.1) is 22.2 Å². The highest BCUT2D eigenvalue weighted by atomic mass is 16.5. The molecule has 0 aromatic carbocycles. The Hall–Kier alpha value is -1.54. The van der Waals surface area contributed by atoms with Crippen LogP contribution in [0.15, 0.2) is 11.8 Å². The normalized spacial score (nSPS) is 37.8. The summed E-state index contributed by atoms with van der Waals surface area (Å²) in [4.78, 5) is 16.9. The van der Waals surface area contributed by atoms with Crippen LogP contribution in [0.2, 0.25) is 0 Å². The predicted octanol–water partition coefficient (Wildman–Crippen LogP) is 2.93. The van der Waals surface area contributed by atoms with E-state index < -0.39 is 0 Å². The fourth-order valence-electron chi connectivity index (χ4n) is 5.47.